The third-order valence-electron chi connectivity index (χ3n) is 1.80. The van der Waals surface area contributed by atoms with Gasteiger partial charge in [-0.1, -0.05) is 0 Å². The summed E-state index contributed by atoms with van der Waals surface area (Å²) in [4.78, 5) is 10.7. The van der Waals surface area contributed by atoms with Crippen molar-refractivity contribution in [1.29, 1.82) is 0 Å². The highest BCUT2D eigenvalue weighted by Gasteiger charge is 2.12. The van der Waals surface area contributed by atoms with Crippen LogP contribution in [0.25, 0.3) is 0 Å². The van der Waals surface area contributed by atoms with E-state index in [0.29, 0.717) is 11.3 Å². The van der Waals surface area contributed by atoms with E-state index >= 15 is 0 Å². The van der Waals surface area contributed by atoms with Gasteiger partial charge in [-0.3, -0.25) is 0 Å². The number of hydrogen-bond acceptors (Lipinski definition) is 3. The van der Waals surface area contributed by atoms with Crippen LogP contribution in [-0.2, 0) is 0 Å². The quantitative estimate of drug-likeness (QED) is 0.592. The Balaban J connectivity index is 3.26. The van der Waals surface area contributed by atoms with E-state index in [0.717, 1.165) is 0 Å². The number of carboxylic acid groups (broad SMARTS) is 1. The van der Waals surface area contributed by atoms with E-state index in [4.69, 9.17) is 16.6 Å². The third-order valence-corrected chi connectivity index (χ3v) is 1.80. The summed E-state index contributed by atoms with van der Waals surface area (Å²) < 4.78 is 0. The molecule has 0 saturated heterocycles. The molecule has 0 aliphatic heterocycles. The van der Waals surface area contributed by atoms with Crippen molar-refractivity contribution in [3.63, 3.8) is 0 Å². The van der Waals surface area contributed by atoms with Crippen molar-refractivity contribution in [2.24, 2.45) is 5.73 Å². The SMILES string of the molecule is C[C@@H](N)c1cc(N)ccc1C(=O)O. The van der Waals surface area contributed by atoms with Crippen LogP contribution in [0.2, 0.25) is 0 Å². The number of benzene rings is 1. The number of nitrogen functional groups attached to an aromatic ring is 1. The van der Waals surface area contributed by atoms with Crippen LogP contribution in [0.4, 0.5) is 5.69 Å². The van der Waals surface area contributed by atoms with Gasteiger partial charge in [0.2, 0.25) is 0 Å². The van der Waals surface area contributed by atoms with Crippen molar-refractivity contribution in [1.82, 2.24) is 0 Å². The molecule has 1 aromatic carbocycles. The highest BCUT2D eigenvalue weighted by molar-refractivity contribution is 5.90. The van der Waals surface area contributed by atoms with Crippen LogP contribution < -0.4 is 11.5 Å². The number of rotatable bonds is 2. The molecular formula is C9H12N2O2. The summed E-state index contributed by atoms with van der Waals surface area (Å²) in [7, 11) is 0. The number of anilines is 1. The van der Waals surface area contributed by atoms with Gasteiger partial charge >= 0.3 is 5.97 Å². The van der Waals surface area contributed by atoms with Crippen molar-refractivity contribution in [2.75, 3.05) is 5.73 Å². The van der Waals surface area contributed by atoms with E-state index in [-0.39, 0.29) is 11.6 Å². The standard InChI is InChI=1S/C9H12N2O2/c1-5(10)8-4-6(11)2-3-7(8)9(12)13/h2-5H,10-11H2,1H3,(H,12,13)/t5-/m1/s1. The van der Waals surface area contributed by atoms with Gasteiger partial charge in [0.25, 0.3) is 0 Å². The van der Waals surface area contributed by atoms with E-state index in [2.05, 4.69) is 0 Å². The molecule has 0 fully saturated rings. The van der Waals surface area contributed by atoms with Gasteiger partial charge in [-0.2, -0.15) is 0 Å². The van der Waals surface area contributed by atoms with Crippen molar-refractivity contribution < 1.29 is 9.90 Å². The first-order valence-electron chi connectivity index (χ1n) is 3.90. The largest absolute Gasteiger partial charge is 0.478 e. The smallest absolute Gasteiger partial charge is 0.336 e. The summed E-state index contributed by atoms with van der Waals surface area (Å²) in [5.41, 5.74) is 12.4. The maximum atomic E-state index is 10.7. The molecule has 0 aromatic heterocycles. The fraction of sp³-hybridized carbons (Fsp3) is 0.222. The Labute approximate surface area is 76.2 Å². The van der Waals surface area contributed by atoms with Gasteiger partial charge in [-0.25, -0.2) is 4.79 Å². The van der Waals surface area contributed by atoms with Crippen molar-refractivity contribution in [3.8, 4) is 0 Å². The zero-order valence-corrected chi connectivity index (χ0v) is 7.32. The molecule has 0 bridgehead atoms. The molecule has 4 nitrogen and oxygen atoms in total. The molecule has 70 valence electrons. The van der Waals surface area contributed by atoms with Gasteiger partial charge in [-0.05, 0) is 30.7 Å². The molecule has 0 radical (unpaired) electrons. The lowest BCUT2D eigenvalue weighted by Gasteiger charge is -2.09. The predicted molar refractivity (Wildman–Crippen MR) is 50.4 cm³/mol. The van der Waals surface area contributed by atoms with Gasteiger partial charge in [0, 0.05) is 11.7 Å². The van der Waals surface area contributed by atoms with Crippen molar-refractivity contribution >= 4 is 11.7 Å². The molecule has 0 unspecified atom stereocenters. The zero-order chi connectivity index (χ0) is 10.0. The van der Waals surface area contributed by atoms with Crippen LogP contribution >= 0.6 is 0 Å². The summed E-state index contributed by atoms with van der Waals surface area (Å²) in [5, 5.41) is 8.81. The van der Waals surface area contributed by atoms with Crippen LogP contribution in [0.1, 0.15) is 28.9 Å². The molecule has 1 rings (SSSR count). The first kappa shape index (κ1) is 9.54. The number of nitrogens with two attached hydrogens (primary N) is 2. The summed E-state index contributed by atoms with van der Waals surface area (Å²) in [5.74, 6) is -0.979. The molecule has 1 aromatic rings. The first-order chi connectivity index (χ1) is 6.02. The molecule has 5 N–H and O–H groups in total. The van der Waals surface area contributed by atoms with Gasteiger partial charge in [0.05, 0.1) is 5.56 Å². The number of carboxylic acids is 1. The van der Waals surface area contributed by atoms with Gasteiger partial charge in [-0.15, -0.1) is 0 Å². The lowest BCUT2D eigenvalue weighted by atomic mass is 10.0. The predicted octanol–water partition coefficient (Wildman–Crippen LogP) is 0.987. The molecule has 0 aliphatic carbocycles. The van der Waals surface area contributed by atoms with Gasteiger partial charge in [0.15, 0.2) is 0 Å². The molecule has 1 atom stereocenters. The topological polar surface area (TPSA) is 89.3 Å². The molecule has 0 spiro atoms. The number of hydrogen-bond donors (Lipinski definition) is 3. The molecule has 0 heterocycles. The lowest BCUT2D eigenvalue weighted by Crippen LogP contribution is -2.12. The van der Waals surface area contributed by atoms with Crippen LogP contribution in [0.5, 0.6) is 0 Å². The van der Waals surface area contributed by atoms with E-state index in [1.54, 1.807) is 19.1 Å². The summed E-state index contributed by atoms with van der Waals surface area (Å²) in [6.45, 7) is 1.72. The first-order valence-corrected chi connectivity index (χ1v) is 3.90. The second kappa shape index (κ2) is 3.45. The maximum Gasteiger partial charge on any atom is 0.336 e. The molecule has 0 saturated carbocycles. The van der Waals surface area contributed by atoms with Gasteiger partial charge in [0.1, 0.15) is 0 Å². The van der Waals surface area contributed by atoms with Crippen LogP contribution in [0, 0.1) is 0 Å². The van der Waals surface area contributed by atoms with Crippen LogP contribution in [0.15, 0.2) is 18.2 Å². The molecular weight excluding hydrogens is 168 g/mol. The summed E-state index contributed by atoms with van der Waals surface area (Å²) in [6, 6.07) is 4.29. The monoisotopic (exact) mass is 180 g/mol. The van der Waals surface area contributed by atoms with E-state index in [9.17, 15) is 4.79 Å². The van der Waals surface area contributed by atoms with Crippen LogP contribution in [-0.4, -0.2) is 11.1 Å². The third kappa shape index (κ3) is 1.97. The fourth-order valence-corrected chi connectivity index (χ4v) is 1.15. The minimum absolute atomic E-state index is 0.212. The second-order valence-electron chi connectivity index (χ2n) is 2.94. The molecule has 0 aliphatic rings. The summed E-state index contributed by atoms with van der Waals surface area (Å²) >= 11 is 0. The summed E-state index contributed by atoms with van der Waals surface area (Å²) in [6.07, 6.45) is 0. The minimum Gasteiger partial charge on any atom is -0.478 e. The Hall–Kier alpha value is -1.55. The number of carbonyl (C=O) groups is 1. The zero-order valence-electron chi connectivity index (χ0n) is 7.32. The normalized spacial score (nSPS) is 12.5. The minimum atomic E-state index is -0.979. The Bertz CT molecular complexity index is 334. The molecule has 4 heteroatoms. The van der Waals surface area contributed by atoms with E-state index in [1.807, 2.05) is 0 Å². The average Bonchev–Trinajstić information content (AvgIpc) is 2.03. The fourth-order valence-electron chi connectivity index (χ4n) is 1.15. The van der Waals surface area contributed by atoms with Crippen LogP contribution in [0.3, 0.4) is 0 Å². The average molecular weight is 180 g/mol. The Morgan fingerprint density at radius 1 is 1.54 bits per heavy atom. The number of aromatic carboxylic acids is 1. The van der Waals surface area contributed by atoms with E-state index < -0.39 is 5.97 Å². The van der Waals surface area contributed by atoms with Crippen molar-refractivity contribution in [2.45, 2.75) is 13.0 Å². The Morgan fingerprint density at radius 3 is 2.62 bits per heavy atom. The Kier molecular flexibility index (Phi) is 2.53. The highest BCUT2D eigenvalue weighted by Crippen LogP contribution is 2.19. The van der Waals surface area contributed by atoms with Crippen molar-refractivity contribution in [3.05, 3.63) is 29.3 Å². The van der Waals surface area contributed by atoms with Gasteiger partial charge < -0.3 is 16.6 Å². The molecule has 0 amide bonds. The Morgan fingerprint density at radius 2 is 2.15 bits per heavy atom. The molecule has 13 heavy (non-hydrogen) atoms. The second-order valence-corrected chi connectivity index (χ2v) is 2.94. The highest BCUT2D eigenvalue weighted by atomic mass is 16.4. The van der Waals surface area contributed by atoms with E-state index in [1.165, 1.54) is 6.07 Å². The lowest BCUT2D eigenvalue weighted by molar-refractivity contribution is 0.0695. The maximum absolute atomic E-state index is 10.7.